The molecule has 0 radical (unpaired) electrons. The first kappa shape index (κ1) is 18.8. The molecule has 2 fully saturated rings. The Labute approximate surface area is 156 Å². The van der Waals surface area contributed by atoms with Gasteiger partial charge < -0.3 is 4.90 Å². The summed E-state index contributed by atoms with van der Waals surface area (Å²) in [7, 11) is 0. The maximum Gasteiger partial charge on any atom is 0.226 e. The Bertz CT molecular complexity index is 603. The van der Waals surface area contributed by atoms with Crippen molar-refractivity contribution in [2.24, 2.45) is 22.2 Å². The summed E-state index contributed by atoms with van der Waals surface area (Å²) >= 11 is 0. The lowest BCUT2D eigenvalue weighted by atomic mass is 9.87. The van der Waals surface area contributed by atoms with Crippen LogP contribution in [0.1, 0.15) is 64.7 Å². The first-order chi connectivity index (χ1) is 12.6. The van der Waals surface area contributed by atoms with Crippen LogP contribution in [0.15, 0.2) is 34.3 Å². The summed E-state index contributed by atoms with van der Waals surface area (Å²) in [5.41, 5.74) is 3.83. The molecule has 1 heterocycles. The first-order valence-corrected chi connectivity index (χ1v) is 10.1. The van der Waals surface area contributed by atoms with E-state index in [4.69, 9.17) is 5.41 Å². The fraction of sp³-hybridized carbons (Fsp3) is 0.700. The Morgan fingerprint density at radius 2 is 1.96 bits per heavy atom. The van der Waals surface area contributed by atoms with Crippen LogP contribution in [-0.2, 0) is 4.79 Å². The van der Waals surface area contributed by atoms with Crippen LogP contribution >= 0.6 is 0 Å². The molecule has 1 aliphatic heterocycles. The van der Waals surface area contributed by atoms with Gasteiger partial charge in [-0.05, 0) is 50.5 Å². The average Bonchev–Trinajstić information content (AvgIpc) is 2.68. The second-order valence-electron chi connectivity index (χ2n) is 7.81. The fourth-order valence-electron chi connectivity index (χ4n) is 4.18. The summed E-state index contributed by atoms with van der Waals surface area (Å²) in [6, 6.07) is -0.224. The van der Waals surface area contributed by atoms with Gasteiger partial charge >= 0.3 is 0 Å². The Balaban J connectivity index is 1.59. The van der Waals surface area contributed by atoms with Gasteiger partial charge in [0.25, 0.3) is 0 Å². The standard InChI is InChI=1S/C20H31N5O/c1-15-8-7-11-17(14-15)22-24-23-19(21)18-12-5-6-13-25(18)20(26)16-9-3-2-4-10-16/h7,11,14-16,18H,2-6,8-10,12-13H2,1H3,(H2,21,22,23). The molecule has 26 heavy (non-hydrogen) atoms. The zero-order chi connectivity index (χ0) is 18.4. The predicted octanol–water partition coefficient (Wildman–Crippen LogP) is 4.36. The van der Waals surface area contributed by atoms with Gasteiger partial charge in [-0.2, -0.15) is 0 Å². The van der Waals surface area contributed by atoms with Crippen molar-refractivity contribution in [1.29, 1.82) is 5.41 Å². The van der Waals surface area contributed by atoms with Crippen molar-refractivity contribution in [2.45, 2.75) is 70.8 Å². The number of amidine groups is 1. The number of hydrogen-bond acceptors (Lipinski definition) is 3. The SMILES string of the molecule is CC1C=C(NN=NC(=N)C2CCCCN2C(=O)C2CCCCC2)C=CC1. The van der Waals surface area contributed by atoms with E-state index in [-0.39, 0.29) is 23.7 Å². The van der Waals surface area contributed by atoms with E-state index in [2.05, 4.69) is 34.8 Å². The van der Waals surface area contributed by atoms with Crippen LogP contribution in [0, 0.1) is 17.2 Å². The molecule has 3 aliphatic rings. The van der Waals surface area contributed by atoms with Crippen molar-refractivity contribution in [3.63, 3.8) is 0 Å². The smallest absolute Gasteiger partial charge is 0.226 e. The zero-order valence-electron chi connectivity index (χ0n) is 15.8. The van der Waals surface area contributed by atoms with Crippen LogP contribution in [0.3, 0.4) is 0 Å². The molecule has 0 aromatic rings. The molecule has 1 saturated heterocycles. The first-order valence-electron chi connectivity index (χ1n) is 10.1. The highest BCUT2D eigenvalue weighted by Crippen LogP contribution is 2.28. The number of carbonyl (C=O) groups excluding carboxylic acids is 1. The Morgan fingerprint density at radius 3 is 2.73 bits per heavy atom. The molecule has 1 amide bonds. The van der Waals surface area contributed by atoms with Gasteiger partial charge in [-0.15, -0.1) is 5.11 Å². The minimum Gasteiger partial charge on any atom is -0.332 e. The molecule has 2 atom stereocenters. The van der Waals surface area contributed by atoms with Gasteiger partial charge in [-0.1, -0.05) is 43.6 Å². The van der Waals surface area contributed by atoms with E-state index >= 15 is 0 Å². The van der Waals surface area contributed by atoms with E-state index < -0.39 is 0 Å². The number of amides is 1. The molecule has 6 nitrogen and oxygen atoms in total. The molecule has 3 rings (SSSR count). The van der Waals surface area contributed by atoms with Gasteiger partial charge in [0, 0.05) is 12.5 Å². The highest BCUT2D eigenvalue weighted by atomic mass is 16.2. The van der Waals surface area contributed by atoms with Crippen molar-refractivity contribution in [3.8, 4) is 0 Å². The quantitative estimate of drug-likeness (QED) is 0.339. The molecule has 2 unspecified atom stereocenters. The van der Waals surface area contributed by atoms with Gasteiger partial charge in [-0.3, -0.25) is 15.6 Å². The second-order valence-corrected chi connectivity index (χ2v) is 7.81. The number of nitrogens with one attached hydrogen (secondary N) is 2. The Hall–Kier alpha value is -1.98. The van der Waals surface area contributed by atoms with Gasteiger partial charge in [0.1, 0.15) is 0 Å². The molecular weight excluding hydrogens is 326 g/mol. The molecule has 1 saturated carbocycles. The van der Waals surface area contributed by atoms with E-state index in [1.807, 2.05) is 11.0 Å². The Kier molecular flexibility index (Phi) is 6.58. The predicted molar refractivity (Wildman–Crippen MR) is 103 cm³/mol. The lowest BCUT2D eigenvalue weighted by Crippen LogP contribution is -2.49. The van der Waals surface area contributed by atoms with Crippen LogP contribution in [0.4, 0.5) is 0 Å². The summed E-state index contributed by atoms with van der Waals surface area (Å²) in [6.45, 7) is 2.90. The van der Waals surface area contributed by atoms with E-state index in [1.165, 1.54) is 6.42 Å². The largest absolute Gasteiger partial charge is 0.332 e. The highest BCUT2D eigenvalue weighted by Gasteiger charge is 2.34. The third-order valence-electron chi connectivity index (χ3n) is 5.66. The maximum absolute atomic E-state index is 12.9. The van der Waals surface area contributed by atoms with Gasteiger partial charge in [0.05, 0.1) is 11.7 Å². The number of allylic oxidation sites excluding steroid dienone is 3. The van der Waals surface area contributed by atoms with Crippen LogP contribution in [0.25, 0.3) is 0 Å². The van der Waals surface area contributed by atoms with Crippen molar-refractivity contribution in [3.05, 3.63) is 23.9 Å². The summed E-state index contributed by atoms with van der Waals surface area (Å²) in [5, 5.41) is 16.4. The van der Waals surface area contributed by atoms with E-state index in [1.54, 1.807) is 0 Å². The van der Waals surface area contributed by atoms with Crippen LogP contribution in [0.5, 0.6) is 0 Å². The number of piperidine rings is 1. The molecule has 2 aliphatic carbocycles. The third kappa shape index (κ3) is 4.80. The van der Waals surface area contributed by atoms with Crippen LogP contribution in [0.2, 0.25) is 0 Å². The van der Waals surface area contributed by atoms with E-state index in [0.717, 1.165) is 63.6 Å². The second kappa shape index (κ2) is 9.10. The average molecular weight is 358 g/mol. The molecule has 6 heteroatoms. The number of likely N-dealkylation sites (tertiary alicyclic amines) is 1. The van der Waals surface area contributed by atoms with Crippen molar-refractivity contribution in [2.75, 3.05) is 6.54 Å². The summed E-state index contributed by atoms with van der Waals surface area (Å²) in [6.07, 6.45) is 15.7. The van der Waals surface area contributed by atoms with Gasteiger partial charge in [-0.25, -0.2) is 0 Å². The van der Waals surface area contributed by atoms with Crippen molar-refractivity contribution >= 4 is 11.7 Å². The van der Waals surface area contributed by atoms with E-state index in [0.29, 0.717) is 5.92 Å². The molecule has 2 N–H and O–H groups in total. The van der Waals surface area contributed by atoms with Gasteiger partial charge in [0.2, 0.25) is 5.91 Å². The molecular formula is C20H31N5O. The summed E-state index contributed by atoms with van der Waals surface area (Å²) < 4.78 is 0. The van der Waals surface area contributed by atoms with Crippen LogP contribution in [-0.4, -0.2) is 29.2 Å². The molecule has 142 valence electrons. The third-order valence-corrected chi connectivity index (χ3v) is 5.66. The number of nitrogens with zero attached hydrogens (tertiary/aromatic N) is 3. The highest BCUT2D eigenvalue weighted by molar-refractivity contribution is 5.90. The van der Waals surface area contributed by atoms with Crippen molar-refractivity contribution < 1.29 is 4.79 Å². The Morgan fingerprint density at radius 1 is 1.19 bits per heavy atom. The fourth-order valence-corrected chi connectivity index (χ4v) is 4.18. The number of rotatable bonds is 4. The maximum atomic E-state index is 12.9. The summed E-state index contributed by atoms with van der Waals surface area (Å²) in [4.78, 5) is 14.9. The summed E-state index contributed by atoms with van der Waals surface area (Å²) in [5.74, 6) is 1.05. The monoisotopic (exact) mass is 357 g/mol. The van der Waals surface area contributed by atoms with Crippen LogP contribution < -0.4 is 5.43 Å². The zero-order valence-corrected chi connectivity index (χ0v) is 15.8. The minimum absolute atomic E-state index is 0.145. The molecule has 0 spiro atoms. The molecule has 0 aromatic carbocycles. The molecule has 0 aromatic heterocycles. The van der Waals surface area contributed by atoms with Crippen molar-refractivity contribution in [1.82, 2.24) is 10.3 Å². The minimum atomic E-state index is -0.224. The van der Waals surface area contributed by atoms with E-state index in [9.17, 15) is 4.79 Å². The topological polar surface area (TPSA) is 80.9 Å². The van der Waals surface area contributed by atoms with Gasteiger partial charge in [0.15, 0.2) is 5.84 Å². The normalized spacial score (nSPS) is 27.4. The lowest BCUT2D eigenvalue weighted by Gasteiger charge is -2.37. The number of hydrogen-bond donors (Lipinski definition) is 2. The molecule has 0 bridgehead atoms. The lowest BCUT2D eigenvalue weighted by molar-refractivity contribution is -0.138. The number of carbonyl (C=O) groups is 1.